The van der Waals surface area contributed by atoms with Crippen LogP contribution in [0.3, 0.4) is 0 Å². The van der Waals surface area contributed by atoms with Gasteiger partial charge in [0.1, 0.15) is 17.0 Å². The van der Waals surface area contributed by atoms with Crippen molar-refractivity contribution < 1.29 is 4.74 Å². The summed E-state index contributed by atoms with van der Waals surface area (Å²) in [7, 11) is 0.912. The van der Waals surface area contributed by atoms with Crippen LogP contribution >= 0.6 is 17.0 Å². The Morgan fingerprint density at radius 3 is 2.18 bits per heavy atom. The van der Waals surface area contributed by atoms with Crippen molar-refractivity contribution in [2.45, 2.75) is 18.9 Å². The van der Waals surface area contributed by atoms with Crippen molar-refractivity contribution in [1.29, 1.82) is 10.3 Å². The molecule has 0 unspecified atom stereocenters. The number of nitrogens with zero attached hydrogens (tertiary/aromatic N) is 1. The van der Waals surface area contributed by atoms with Gasteiger partial charge >= 0.3 is 0 Å². The summed E-state index contributed by atoms with van der Waals surface area (Å²) in [5.74, 6) is 0. The number of rotatable bonds is 3. The fourth-order valence-corrected chi connectivity index (χ4v) is 2.07. The molecule has 1 aliphatic rings. The fraction of sp³-hybridized carbons (Fsp3) is 1.00. The molecule has 1 heterocycles. The van der Waals surface area contributed by atoms with Crippen molar-refractivity contribution >= 4 is 17.0 Å². The summed E-state index contributed by atoms with van der Waals surface area (Å²) >= 11 is 0. The first-order valence-electron chi connectivity index (χ1n) is 3.50. The first-order valence-corrected chi connectivity index (χ1v) is 5.19. The van der Waals surface area contributed by atoms with Crippen LogP contribution < -0.4 is 0 Å². The molecule has 0 bridgehead atoms. The SMILES string of the molecule is N=PN(P=N)C1CCOCC1. The molecule has 0 spiro atoms. The molecule has 0 aromatic heterocycles. The Morgan fingerprint density at radius 1 is 1.18 bits per heavy atom. The van der Waals surface area contributed by atoms with Crippen molar-refractivity contribution in [3.63, 3.8) is 0 Å². The molecule has 62 valence electrons. The third kappa shape index (κ3) is 2.57. The first kappa shape index (κ1) is 9.21. The van der Waals surface area contributed by atoms with Gasteiger partial charge < -0.3 is 4.74 Å². The van der Waals surface area contributed by atoms with Crippen molar-refractivity contribution in [1.82, 2.24) is 4.44 Å². The van der Waals surface area contributed by atoms with Gasteiger partial charge in [-0.1, -0.05) is 0 Å². The van der Waals surface area contributed by atoms with Crippen LogP contribution in [-0.2, 0) is 4.74 Å². The van der Waals surface area contributed by atoms with Crippen molar-refractivity contribution in [2.24, 2.45) is 0 Å². The largest absolute Gasteiger partial charge is 0.381 e. The second-order valence-corrected chi connectivity index (χ2v) is 3.94. The summed E-state index contributed by atoms with van der Waals surface area (Å²) in [6, 6.07) is 0.391. The van der Waals surface area contributed by atoms with Gasteiger partial charge in [0.05, 0.1) is 0 Å². The van der Waals surface area contributed by atoms with E-state index in [9.17, 15) is 0 Å². The Bertz CT molecular complexity index is 141. The standard InChI is InChI=1S/C5H11N3OP2/c6-10-8(11-7)5-1-3-9-4-2-5/h5-7H,1-4H2. The molecule has 0 aromatic carbocycles. The zero-order valence-corrected chi connectivity index (χ0v) is 7.94. The molecule has 2 N–H and O–H groups in total. The third-order valence-corrected chi connectivity index (χ3v) is 3.32. The number of nitrogens with one attached hydrogen (secondary N) is 2. The van der Waals surface area contributed by atoms with Crippen LogP contribution in [0.1, 0.15) is 12.8 Å². The van der Waals surface area contributed by atoms with Gasteiger partial charge in [0.25, 0.3) is 0 Å². The Morgan fingerprint density at radius 2 is 1.73 bits per heavy atom. The first-order chi connectivity index (χ1) is 5.38. The maximum atomic E-state index is 7.13. The van der Waals surface area contributed by atoms with Gasteiger partial charge in [0, 0.05) is 19.3 Å². The highest BCUT2D eigenvalue weighted by Gasteiger charge is 2.19. The number of hydrogen-bond donors (Lipinski definition) is 2. The van der Waals surface area contributed by atoms with Gasteiger partial charge in [-0.05, 0) is 12.8 Å². The van der Waals surface area contributed by atoms with Crippen LogP contribution in [0.25, 0.3) is 0 Å². The predicted octanol–water partition coefficient (Wildman–Crippen LogP) is 2.71. The van der Waals surface area contributed by atoms with E-state index in [0.717, 1.165) is 26.1 Å². The third-order valence-electron chi connectivity index (χ3n) is 1.72. The molecule has 0 aromatic rings. The molecule has 0 saturated carbocycles. The minimum absolute atomic E-state index is 0.391. The van der Waals surface area contributed by atoms with Gasteiger partial charge in [-0.15, -0.1) is 0 Å². The van der Waals surface area contributed by atoms with Gasteiger partial charge in [-0.2, -0.15) is 4.44 Å². The molecule has 0 radical (unpaired) electrons. The van der Waals surface area contributed by atoms with E-state index in [4.69, 9.17) is 15.1 Å². The van der Waals surface area contributed by atoms with Crippen molar-refractivity contribution in [2.75, 3.05) is 13.2 Å². The van der Waals surface area contributed by atoms with Gasteiger partial charge in [-0.3, -0.25) is 10.3 Å². The van der Waals surface area contributed by atoms with E-state index in [2.05, 4.69) is 0 Å². The molecule has 6 heteroatoms. The van der Waals surface area contributed by atoms with Crippen LogP contribution in [0.4, 0.5) is 0 Å². The second kappa shape index (κ2) is 4.89. The molecule has 1 aliphatic heterocycles. The maximum Gasteiger partial charge on any atom is 0.100 e. The average Bonchev–Trinajstić information content (AvgIpc) is 2.09. The lowest BCUT2D eigenvalue weighted by Crippen LogP contribution is -2.27. The van der Waals surface area contributed by atoms with Gasteiger partial charge in [0.2, 0.25) is 0 Å². The smallest absolute Gasteiger partial charge is 0.100 e. The lowest BCUT2D eigenvalue weighted by Gasteiger charge is -2.25. The summed E-state index contributed by atoms with van der Waals surface area (Å²) in [5, 5.41) is 14.3. The average molecular weight is 191 g/mol. The Kier molecular flexibility index (Phi) is 4.09. The molecule has 1 rings (SSSR count). The Hall–Kier alpha value is 0.120. The minimum atomic E-state index is 0.391. The van der Waals surface area contributed by atoms with Crippen LogP contribution in [0.2, 0.25) is 0 Å². The zero-order valence-electron chi connectivity index (χ0n) is 6.16. The van der Waals surface area contributed by atoms with Crippen LogP contribution in [0.15, 0.2) is 0 Å². The van der Waals surface area contributed by atoms with Crippen LogP contribution in [-0.4, -0.2) is 23.7 Å². The topological polar surface area (TPSA) is 60.2 Å². The van der Waals surface area contributed by atoms with E-state index in [1.807, 2.05) is 4.44 Å². The minimum Gasteiger partial charge on any atom is -0.381 e. The summed E-state index contributed by atoms with van der Waals surface area (Å²) in [4.78, 5) is 0. The molecule has 0 aliphatic carbocycles. The van der Waals surface area contributed by atoms with E-state index in [-0.39, 0.29) is 0 Å². The second-order valence-electron chi connectivity index (χ2n) is 2.36. The fourth-order valence-electron chi connectivity index (χ4n) is 1.10. The molecule has 4 nitrogen and oxygen atoms in total. The summed E-state index contributed by atoms with van der Waals surface area (Å²) < 4.78 is 6.99. The van der Waals surface area contributed by atoms with Gasteiger partial charge in [0.15, 0.2) is 0 Å². The van der Waals surface area contributed by atoms with Crippen molar-refractivity contribution in [3.05, 3.63) is 0 Å². The molecule has 11 heavy (non-hydrogen) atoms. The lowest BCUT2D eigenvalue weighted by molar-refractivity contribution is 0.0733. The quantitative estimate of drug-likeness (QED) is 0.673. The maximum absolute atomic E-state index is 7.13. The van der Waals surface area contributed by atoms with Crippen molar-refractivity contribution in [3.8, 4) is 0 Å². The molecule has 1 saturated heterocycles. The normalized spacial score (nSPS) is 21.5. The molecule has 0 amide bonds. The van der Waals surface area contributed by atoms with Gasteiger partial charge in [-0.25, -0.2) is 0 Å². The highest BCUT2D eigenvalue weighted by atomic mass is 31.1. The Balaban J connectivity index is 2.42. The highest BCUT2D eigenvalue weighted by molar-refractivity contribution is 7.39. The molecular formula is C5H11N3OP2. The summed E-state index contributed by atoms with van der Waals surface area (Å²) in [6.45, 7) is 1.57. The molecule has 0 atom stereocenters. The van der Waals surface area contributed by atoms with E-state index in [0.29, 0.717) is 23.1 Å². The van der Waals surface area contributed by atoms with E-state index in [1.165, 1.54) is 0 Å². The Labute approximate surface area is 69.4 Å². The number of ether oxygens (including phenoxy) is 1. The number of hydrogen-bond acceptors (Lipinski definition) is 3. The van der Waals surface area contributed by atoms with E-state index >= 15 is 0 Å². The summed E-state index contributed by atoms with van der Waals surface area (Å²) in [6.07, 6.45) is 1.94. The molecular weight excluding hydrogens is 180 g/mol. The van der Waals surface area contributed by atoms with Crippen LogP contribution in [0.5, 0.6) is 0 Å². The van der Waals surface area contributed by atoms with E-state index in [1.54, 1.807) is 0 Å². The van der Waals surface area contributed by atoms with Crippen LogP contribution in [0, 0.1) is 10.3 Å². The van der Waals surface area contributed by atoms with E-state index < -0.39 is 0 Å². The highest BCUT2D eigenvalue weighted by Crippen LogP contribution is 2.27. The predicted molar refractivity (Wildman–Crippen MR) is 45.0 cm³/mol. The monoisotopic (exact) mass is 191 g/mol. The zero-order chi connectivity index (χ0) is 8.10. The molecule has 1 fully saturated rings. The summed E-state index contributed by atoms with van der Waals surface area (Å²) in [5.41, 5.74) is 0. The lowest BCUT2D eigenvalue weighted by atomic mass is 10.1.